The van der Waals surface area contributed by atoms with E-state index in [1.54, 1.807) is 5.57 Å². The maximum Gasteiger partial charge on any atom is 0.0439 e. The molecule has 0 bridgehead atoms. The van der Waals surface area contributed by atoms with Crippen molar-refractivity contribution in [3.63, 3.8) is 0 Å². The van der Waals surface area contributed by atoms with Crippen LogP contribution in [-0.2, 0) is 0 Å². The number of hydrogen-bond donors (Lipinski definition) is 0. The summed E-state index contributed by atoms with van der Waals surface area (Å²) in [6, 6.07) is 0. The normalized spacial score (nSPS) is 19.2. The predicted octanol–water partition coefficient (Wildman–Crippen LogP) is 6.48. The molecule has 0 saturated heterocycles. The first kappa shape index (κ1) is 16.6. The lowest BCUT2D eigenvalue weighted by molar-refractivity contribution is 0.507. The van der Waals surface area contributed by atoms with Crippen LogP contribution in [0.25, 0.3) is 0 Å². The summed E-state index contributed by atoms with van der Waals surface area (Å²) in [6.07, 6.45) is 20.3. The summed E-state index contributed by atoms with van der Waals surface area (Å²) in [7, 11) is 0. The van der Waals surface area contributed by atoms with E-state index in [-0.39, 0.29) is 0 Å². The van der Waals surface area contributed by atoms with Gasteiger partial charge in [-0.15, -0.1) is 0 Å². The van der Waals surface area contributed by atoms with Gasteiger partial charge >= 0.3 is 0 Å². The van der Waals surface area contributed by atoms with E-state index in [0.717, 1.165) is 0 Å². The molecular weight excluding hydrogens is 254 g/mol. The third kappa shape index (κ3) is 5.52. The largest absolute Gasteiger partial charge is 0.257 e. The maximum atomic E-state index is 4.90. The summed E-state index contributed by atoms with van der Waals surface area (Å²) in [5.74, 6) is 0.663. The molecule has 0 saturated carbocycles. The van der Waals surface area contributed by atoms with E-state index >= 15 is 0 Å². The van der Waals surface area contributed by atoms with Crippen LogP contribution < -0.4 is 5.32 Å². The van der Waals surface area contributed by atoms with E-state index < -0.39 is 0 Å². The number of allylic oxidation sites excluding steroid dienone is 4. The van der Waals surface area contributed by atoms with Crippen molar-refractivity contribution in [3.05, 3.63) is 23.0 Å². The van der Waals surface area contributed by atoms with E-state index in [2.05, 4.69) is 19.9 Å². The predicted molar refractivity (Wildman–Crippen MR) is 92.1 cm³/mol. The lowest BCUT2D eigenvalue weighted by atomic mass is 9.96. The van der Waals surface area contributed by atoms with Crippen LogP contribution >= 0.6 is 0 Å². The highest BCUT2D eigenvalue weighted by Crippen LogP contribution is 2.34. The van der Waals surface area contributed by atoms with E-state index in [1.165, 1.54) is 94.9 Å². The van der Waals surface area contributed by atoms with Crippen molar-refractivity contribution in [1.29, 1.82) is 0 Å². The quantitative estimate of drug-likeness (QED) is 0.408. The average molecular weight is 288 g/mol. The van der Waals surface area contributed by atoms with Crippen LogP contribution in [-0.4, -0.2) is 0 Å². The summed E-state index contributed by atoms with van der Waals surface area (Å²) in [4.78, 5) is 0. The SMILES string of the molecule is CCCCCCCCCCC(C)C1=CC2=C(CCCC2)[N]1. The summed E-state index contributed by atoms with van der Waals surface area (Å²) in [5.41, 5.74) is 4.35. The van der Waals surface area contributed by atoms with Crippen LogP contribution in [0.15, 0.2) is 23.0 Å². The van der Waals surface area contributed by atoms with Gasteiger partial charge in [-0.1, -0.05) is 65.2 Å². The van der Waals surface area contributed by atoms with Gasteiger partial charge in [-0.25, -0.2) is 0 Å². The minimum atomic E-state index is 0.663. The third-order valence-electron chi connectivity index (χ3n) is 5.06. The molecule has 1 atom stereocenters. The van der Waals surface area contributed by atoms with Gasteiger partial charge in [0.05, 0.1) is 0 Å². The fraction of sp³-hybridized carbons (Fsp3) is 0.800. The van der Waals surface area contributed by atoms with Crippen molar-refractivity contribution in [2.75, 3.05) is 0 Å². The van der Waals surface area contributed by atoms with Crippen molar-refractivity contribution in [3.8, 4) is 0 Å². The second kappa shape index (κ2) is 9.33. The summed E-state index contributed by atoms with van der Waals surface area (Å²) < 4.78 is 0. The van der Waals surface area contributed by atoms with Gasteiger partial charge in [-0.2, -0.15) is 0 Å². The Morgan fingerprint density at radius 3 is 2.33 bits per heavy atom. The van der Waals surface area contributed by atoms with Gasteiger partial charge in [-0.05, 0) is 49.7 Å². The van der Waals surface area contributed by atoms with Crippen molar-refractivity contribution in [1.82, 2.24) is 5.32 Å². The Morgan fingerprint density at radius 2 is 1.62 bits per heavy atom. The Labute approximate surface area is 132 Å². The number of nitrogens with zero attached hydrogens (tertiary/aromatic N) is 1. The second-order valence-corrected chi connectivity index (χ2v) is 7.02. The van der Waals surface area contributed by atoms with Crippen molar-refractivity contribution in [2.24, 2.45) is 5.92 Å². The maximum absolute atomic E-state index is 4.90. The molecule has 1 unspecified atom stereocenters. The van der Waals surface area contributed by atoms with Crippen LogP contribution in [0.1, 0.15) is 97.3 Å². The zero-order chi connectivity index (χ0) is 14.9. The van der Waals surface area contributed by atoms with Gasteiger partial charge in [0.1, 0.15) is 0 Å². The molecule has 1 aliphatic heterocycles. The smallest absolute Gasteiger partial charge is 0.0439 e. The minimum absolute atomic E-state index is 0.663. The Kier molecular flexibility index (Phi) is 7.39. The molecule has 1 radical (unpaired) electrons. The standard InChI is InChI=1S/C20H34N/c1-3-4-5-6-7-8-9-10-13-17(2)20-16-18-14-11-12-15-19(18)21-20/h16-17H,3-15H2,1-2H3. The highest BCUT2D eigenvalue weighted by atomic mass is 14.9. The zero-order valence-corrected chi connectivity index (χ0v) is 14.3. The Balaban J connectivity index is 1.53. The number of unbranched alkanes of at least 4 members (excludes halogenated alkanes) is 7. The van der Waals surface area contributed by atoms with E-state index in [1.807, 2.05) is 0 Å². The lowest BCUT2D eigenvalue weighted by Crippen LogP contribution is -2.09. The van der Waals surface area contributed by atoms with E-state index in [9.17, 15) is 0 Å². The fourth-order valence-corrected chi connectivity index (χ4v) is 3.55. The van der Waals surface area contributed by atoms with Gasteiger partial charge in [0.25, 0.3) is 0 Å². The van der Waals surface area contributed by atoms with Gasteiger partial charge in [0.15, 0.2) is 0 Å². The van der Waals surface area contributed by atoms with Crippen molar-refractivity contribution >= 4 is 0 Å². The zero-order valence-electron chi connectivity index (χ0n) is 14.3. The minimum Gasteiger partial charge on any atom is -0.257 e. The first-order chi connectivity index (χ1) is 10.3. The van der Waals surface area contributed by atoms with Crippen molar-refractivity contribution < 1.29 is 0 Å². The van der Waals surface area contributed by atoms with Crippen LogP contribution in [0.3, 0.4) is 0 Å². The molecule has 2 rings (SSSR count). The molecule has 1 aliphatic carbocycles. The topological polar surface area (TPSA) is 14.1 Å². The van der Waals surface area contributed by atoms with Gasteiger partial charge in [0, 0.05) is 11.4 Å². The van der Waals surface area contributed by atoms with Gasteiger partial charge < -0.3 is 0 Å². The molecule has 0 N–H and O–H groups in total. The first-order valence-corrected chi connectivity index (χ1v) is 9.46. The molecule has 1 heterocycles. The molecule has 21 heavy (non-hydrogen) atoms. The molecule has 0 fully saturated rings. The summed E-state index contributed by atoms with van der Waals surface area (Å²) in [5, 5.41) is 4.90. The van der Waals surface area contributed by atoms with Crippen LogP contribution in [0, 0.1) is 5.92 Å². The molecule has 0 aromatic heterocycles. The molecule has 119 valence electrons. The van der Waals surface area contributed by atoms with E-state index in [4.69, 9.17) is 5.32 Å². The summed E-state index contributed by atoms with van der Waals surface area (Å²) in [6.45, 7) is 4.66. The number of hydrogen-bond acceptors (Lipinski definition) is 0. The molecule has 2 aliphatic rings. The third-order valence-corrected chi connectivity index (χ3v) is 5.06. The molecular formula is C20H34N. The first-order valence-electron chi connectivity index (χ1n) is 9.46. The van der Waals surface area contributed by atoms with Gasteiger partial charge in [-0.3, -0.25) is 5.32 Å². The van der Waals surface area contributed by atoms with Crippen molar-refractivity contribution in [2.45, 2.75) is 97.3 Å². The monoisotopic (exact) mass is 288 g/mol. The molecule has 0 spiro atoms. The lowest BCUT2D eigenvalue weighted by Gasteiger charge is -2.14. The van der Waals surface area contributed by atoms with Crippen LogP contribution in [0.4, 0.5) is 0 Å². The Hall–Kier alpha value is -0.720. The Morgan fingerprint density at radius 1 is 0.952 bits per heavy atom. The van der Waals surface area contributed by atoms with E-state index in [0.29, 0.717) is 5.92 Å². The fourth-order valence-electron chi connectivity index (χ4n) is 3.55. The molecule has 0 aromatic carbocycles. The van der Waals surface area contributed by atoms with Gasteiger partial charge in [0.2, 0.25) is 0 Å². The highest BCUT2D eigenvalue weighted by Gasteiger charge is 2.22. The average Bonchev–Trinajstić information content (AvgIpc) is 2.94. The second-order valence-electron chi connectivity index (χ2n) is 7.02. The Bertz CT molecular complexity index is 364. The molecule has 1 heteroatoms. The van der Waals surface area contributed by atoms with Crippen LogP contribution in [0.5, 0.6) is 0 Å². The van der Waals surface area contributed by atoms with Crippen LogP contribution in [0.2, 0.25) is 0 Å². The number of rotatable bonds is 10. The highest BCUT2D eigenvalue weighted by molar-refractivity contribution is 5.38. The molecule has 1 nitrogen and oxygen atoms in total. The summed E-state index contributed by atoms with van der Waals surface area (Å²) >= 11 is 0. The molecule has 0 amide bonds. The molecule has 0 aromatic rings.